The Morgan fingerprint density at radius 1 is 1.06 bits per heavy atom. The highest BCUT2D eigenvalue weighted by atomic mass is 16.3. The van der Waals surface area contributed by atoms with Crippen molar-refractivity contribution in [3.63, 3.8) is 0 Å². The van der Waals surface area contributed by atoms with E-state index in [2.05, 4.69) is 35.3 Å². The average Bonchev–Trinajstić information content (AvgIpc) is 2.38. The van der Waals surface area contributed by atoms with Gasteiger partial charge in [-0.15, -0.1) is 0 Å². The van der Waals surface area contributed by atoms with Crippen LogP contribution in [-0.2, 0) is 0 Å². The maximum atomic E-state index is 9.67. The Bertz CT molecular complexity index is 574. The third-order valence-corrected chi connectivity index (χ3v) is 3.28. The van der Waals surface area contributed by atoms with Gasteiger partial charge in [0.1, 0.15) is 0 Å². The van der Waals surface area contributed by atoms with Crippen molar-refractivity contribution in [1.82, 2.24) is 0 Å². The van der Waals surface area contributed by atoms with E-state index < -0.39 is 0 Å². The molecule has 0 spiro atoms. The van der Waals surface area contributed by atoms with Crippen molar-refractivity contribution in [3.8, 4) is 0 Å². The number of nitrogens with zero attached hydrogens (tertiary/aromatic N) is 1. The Kier molecular flexibility index (Phi) is 2.65. The van der Waals surface area contributed by atoms with Gasteiger partial charge in [0.15, 0.2) is 0 Å². The van der Waals surface area contributed by atoms with Crippen LogP contribution in [0.1, 0.15) is 18.4 Å². The fourth-order valence-electron chi connectivity index (χ4n) is 2.32. The predicted molar refractivity (Wildman–Crippen MR) is 70.6 cm³/mol. The van der Waals surface area contributed by atoms with Crippen LogP contribution >= 0.6 is 0 Å². The van der Waals surface area contributed by atoms with E-state index in [1.54, 1.807) is 0 Å². The summed E-state index contributed by atoms with van der Waals surface area (Å²) in [6.07, 6.45) is 1.24. The standard InChI is InChI=1S/C15H15NO/c17-14-7-8-16-15(10-14)13-6-5-11-3-1-2-4-12(11)9-13/h1-6,9,14,17H,7-8,10H2. The molecule has 1 atom stereocenters. The minimum atomic E-state index is -0.228. The molecule has 2 heteroatoms. The highest BCUT2D eigenvalue weighted by Gasteiger charge is 2.15. The zero-order chi connectivity index (χ0) is 11.7. The number of aliphatic hydroxyl groups excluding tert-OH is 1. The number of fused-ring (bicyclic) bond motifs is 1. The zero-order valence-corrected chi connectivity index (χ0v) is 9.63. The molecule has 0 bridgehead atoms. The topological polar surface area (TPSA) is 32.6 Å². The van der Waals surface area contributed by atoms with Crippen LogP contribution in [0.4, 0.5) is 0 Å². The predicted octanol–water partition coefficient (Wildman–Crippen LogP) is 2.78. The Morgan fingerprint density at radius 3 is 2.71 bits per heavy atom. The van der Waals surface area contributed by atoms with Gasteiger partial charge in [0.25, 0.3) is 0 Å². The normalized spacial score (nSPS) is 20.3. The maximum absolute atomic E-state index is 9.67. The molecule has 0 aliphatic carbocycles. The molecule has 2 aromatic rings. The van der Waals surface area contributed by atoms with Gasteiger partial charge < -0.3 is 5.11 Å². The molecule has 0 saturated heterocycles. The van der Waals surface area contributed by atoms with E-state index in [9.17, 15) is 5.11 Å². The van der Waals surface area contributed by atoms with Crippen molar-refractivity contribution in [2.45, 2.75) is 18.9 Å². The molecule has 0 saturated carbocycles. The first kappa shape index (κ1) is 10.5. The van der Waals surface area contributed by atoms with Gasteiger partial charge in [0.05, 0.1) is 6.10 Å². The summed E-state index contributed by atoms with van der Waals surface area (Å²) in [5.41, 5.74) is 2.18. The average molecular weight is 225 g/mol. The summed E-state index contributed by atoms with van der Waals surface area (Å²) in [6.45, 7) is 0.739. The first-order chi connectivity index (χ1) is 8.33. The number of aliphatic hydroxyl groups is 1. The van der Waals surface area contributed by atoms with E-state index >= 15 is 0 Å². The van der Waals surface area contributed by atoms with Crippen molar-refractivity contribution >= 4 is 16.5 Å². The first-order valence-corrected chi connectivity index (χ1v) is 6.03. The molecule has 0 aromatic heterocycles. The highest BCUT2D eigenvalue weighted by molar-refractivity contribution is 6.04. The maximum Gasteiger partial charge on any atom is 0.0613 e. The Hall–Kier alpha value is -1.67. The summed E-state index contributed by atoms with van der Waals surface area (Å²) in [6, 6.07) is 14.7. The van der Waals surface area contributed by atoms with Crippen LogP contribution in [0.15, 0.2) is 47.5 Å². The van der Waals surface area contributed by atoms with E-state index in [1.807, 2.05) is 12.1 Å². The van der Waals surface area contributed by atoms with Gasteiger partial charge in [-0.1, -0.05) is 36.4 Å². The Balaban J connectivity index is 2.03. The molecule has 1 aliphatic rings. The van der Waals surface area contributed by atoms with Gasteiger partial charge in [0, 0.05) is 18.7 Å². The molecule has 1 heterocycles. The fourth-order valence-corrected chi connectivity index (χ4v) is 2.32. The zero-order valence-electron chi connectivity index (χ0n) is 9.63. The minimum absolute atomic E-state index is 0.228. The second kappa shape index (κ2) is 4.30. The molecule has 2 nitrogen and oxygen atoms in total. The third kappa shape index (κ3) is 2.08. The number of hydrogen-bond donors (Lipinski definition) is 1. The molecule has 1 aliphatic heterocycles. The lowest BCUT2D eigenvalue weighted by Gasteiger charge is -2.17. The van der Waals surface area contributed by atoms with Crippen LogP contribution in [0.25, 0.3) is 10.8 Å². The summed E-state index contributed by atoms with van der Waals surface area (Å²) >= 11 is 0. The molecule has 1 N–H and O–H groups in total. The minimum Gasteiger partial charge on any atom is -0.393 e. The van der Waals surface area contributed by atoms with E-state index in [4.69, 9.17) is 0 Å². The van der Waals surface area contributed by atoms with Gasteiger partial charge >= 0.3 is 0 Å². The second-order valence-corrected chi connectivity index (χ2v) is 4.54. The van der Waals surface area contributed by atoms with Gasteiger partial charge in [0.2, 0.25) is 0 Å². The summed E-state index contributed by atoms with van der Waals surface area (Å²) in [4.78, 5) is 4.51. The Labute approximate surface area is 101 Å². The summed E-state index contributed by atoms with van der Waals surface area (Å²) in [5, 5.41) is 12.1. The fraction of sp³-hybridized carbons (Fsp3) is 0.267. The van der Waals surface area contributed by atoms with Crippen LogP contribution in [0.5, 0.6) is 0 Å². The largest absolute Gasteiger partial charge is 0.393 e. The monoisotopic (exact) mass is 225 g/mol. The lowest BCUT2D eigenvalue weighted by atomic mass is 9.97. The molecule has 86 valence electrons. The van der Waals surface area contributed by atoms with E-state index in [0.29, 0.717) is 6.42 Å². The van der Waals surface area contributed by atoms with E-state index in [1.165, 1.54) is 10.8 Å². The number of aliphatic imine (C=N–C) groups is 1. The smallest absolute Gasteiger partial charge is 0.0613 e. The molecule has 1 unspecified atom stereocenters. The molecule has 0 amide bonds. The molecular weight excluding hydrogens is 210 g/mol. The van der Waals surface area contributed by atoms with Crippen LogP contribution in [0.3, 0.4) is 0 Å². The number of hydrogen-bond acceptors (Lipinski definition) is 2. The van der Waals surface area contributed by atoms with Crippen LogP contribution in [0.2, 0.25) is 0 Å². The van der Waals surface area contributed by atoms with Crippen molar-refractivity contribution in [3.05, 3.63) is 48.0 Å². The van der Waals surface area contributed by atoms with Crippen molar-refractivity contribution in [2.24, 2.45) is 4.99 Å². The van der Waals surface area contributed by atoms with Gasteiger partial charge in [-0.25, -0.2) is 0 Å². The molecule has 0 fully saturated rings. The van der Waals surface area contributed by atoms with Gasteiger partial charge in [-0.2, -0.15) is 0 Å². The molecule has 17 heavy (non-hydrogen) atoms. The quantitative estimate of drug-likeness (QED) is 0.795. The molecular formula is C15H15NO. The van der Waals surface area contributed by atoms with Crippen molar-refractivity contribution < 1.29 is 5.11 Å². The van der Waals surface area contributed by atoms with Crippen LogP contribution in [-0.4, -0.2) is 23.5 Å². The SMILES string of the molecule is OC1CCN=C(c2ccc3ccccc3c2)C1. The lowest BCUT2D eigenvalue weighted by Crippen LogP contribution is -2.20. The lowest BCUT2D eigenvalue weighted by molar-refractivity contribution is 0.171. The highest BCUT2D eigenvalue weighted by Crippen LogP contribution is 2.19. The summed E-state index contributed by atoms with van der Waals surface area (Å²) in [7, 11) is 0. The van der Waals surface area contributed by atoms with Crippen molar-refractivity contribution in [2.75, 3.05) is 6.54 Å². The van der Waals surface area contributed by atoms with E-state index in [0.717, 1.165) is 24.2 Å². The van der Waals surface area contributed by atoms with Crippen LogP contribution < -0.4 is 0 Å². The first-order valence-electron chi connectivity index (χ1n) is 6.03. The van der Waals surface area contributed by atoms with Crippen LogP contribution in [0, 0.1) is 0 Å². The van der Waals surface area contributed by atoms with Crippen molar-refractivity contribution in [1.29, 1.82) is 0 Å². The third-order valence-electron chi connectivity index (χ3n) is 3.28. The van der Waals surface area contributed by atoms with E-state index in [-0.39, 0.29) is 6.10 Å². The second-order valence-electron chi connectivity index (χ2n) is 4.54. The summed E-state index contributed by atoms with van der Waals surface area (Å²) < 4.78 is 0. The Morgan fingerprint density at radius 2 is 1.88 bits per heavy atom. The molecule has 2 aromatic carbocycles. The van der Waals surface area contributed by atoms with Gasteiger partial charge in [-0.05, 0) is 28.8 Å². The molecule has 3 rings (SSSR count). The number of benzene rings is 2. The number of rotatable bonds is 1. The summed E-state index contributed by atoms with van der Waals surface area (Å²) in [5.74, 6) is 0. The molecule has 0 radical (unpaired) electrons. The van der Waals surface area contributed by atoms with Gasteiger partial charge in [-0.3, -0.25) is 4.99 Å².